The lowest BCUT2D eigenvalue weighted by Crippen LogP contribution is -1.95. The first-order valence-electron chi connectivity index (χ1n) is 4.13. The molecule has 3 nitrogen and oxygen atoms in total. The van der Waals surface area contributed by atoms with Crippen LogP contribution in [0.3, 0.4) is 0 Å². The zero-order chi connectivity index (χ0) is 9.26. The fourth-order valence-electron chi connectivity index (χ4n) is 1.48. The number of carbonyl (C=O) groups excluding carboxylic acids is 1. The van der Waals surface area contributed by atoms with Crippen LogP contribution in [0.2, 0.25) is 0 Å². The molecule has 1 unspecified atom stereocenters. The summed E-state index contributed by atoms with van der Waals surface area (Å²) in [6.45, 7) is 1.46. The average Bonchev–Trinajstić information content (AvgIpc) is 2.72. The third-order valence-electron chi connectivity index (χ3n) is 2.15. The summed E-state index contributed by atoms with van der Waals surface area (Å²) in [6.07, 6.45) is 1.68. The van der Waals surface area contributed by atoms with Crippen molar-refractivity contribution in [3.63, 3.8) is 0 Å². The first-order valence-corrected chi connectivity index (χ1v) is 4.92. The van der Waals surface area contributed by atoms with Crippen molar-refractivity contribution in [1.29, 1.82) is 0 Å². The number of furan rings is 1. The highest BCUT2D eigenvalue weighted by atomic mass is 79.9. The van der Waals surface area contributed by atoms with Crippen molar-refractivity contribution < 1.29 is 13.9 Å². The lowest BCUT2D eigenvalue weighted by Gasteiger charge is -2.02. The predicted octanol–water partition coefficient (Wildman–Crippen LogP) is 2.36. The summed E-state index contributed by atoms with van der Waals surface area (Å²) in [5.74, 6) is 1.50. The van der Waals surface area contributed by atoms with Gasteiger partial charge in [0.15, 0.2) is 12.0 Å². The van der Waals surface area contributed by atoms with Crippen molar-refractivity contribution >= 4 is 22.2 Å². The molecule has 1 aromatic rings. The smallest absolute Gasteiger partial charge is 0.185 e. The van der Waals surface area contributed by atoms with E-state index in [9.17, 15) is 4.79 Å². The average molecular weight is 245 g/mol. The normalized spacial score (nSPS) is 22.1. The van der Waals surface area contributed by atoms with E-state index in [0.717, 1.165) is 23.3 Å². The second-order valence-electron chi connectivity index (χ2n) is 3.04. The Morgan fingerprint density at radius 3 is 3.00 bits per heavy atom. The van der Waals surface area contributed by atoms with E-state index in [1.165, 1.54) is 0 Å². The summed E-state index contributed by atoms with van der Waals surface area (Å²) < 4.78 is 11.5. The van der Waals surface area contributed by atoms with Gasteiger partial charge in [-0.1, -0.05) is 0 Å². The van der Waals surface area contributed by atoms with E-state index in [-0.39, 0.29) is 0 Å². The fraction of sp³-hybridized carbons (Fsp3) is 0.444. The van der Waals surface area contributed by atoms with Crippen LogP contribution in [0.4, 0.5) is 0 Å². The van der Waals surface area contributed by atoms with E-state index in [1.54, 1.807) is 6.07 Å². The first kappa shape index (κ1) is 8.97. The van der Waals surface area contributed by atoms with E-state index in [4.69, 9.17) is 9.15 Å². The zero-order valence-corrected chi connectivity index (χ0v) is 8.54. The number of aldehydes is 1. The Bertz CT molecular complexity index is 313. The molecule has 2 heterocycles. The zero-order valence-electron chi connectivity index (χ0n) is 6.96. The van der Waals surface area contributed by atoms with Crippen LogP contribution in [0, 0.1) is 0 Å². The number of ether oxygens (including phenoxy) is 1. The number of rotatable bonds is 2. The Balaban J connectivity index is 2.27. The van der Waals surface area contributed by atoms with E-state index in [2.05, 4.69) is 15.9 Å². The summed E-state index contributed by atoms with van der Waals surface area (Å²) in [5.41, 5.74) is 0. The lowest BCUT2D eigenvalue weighted by atomic mass is 10.1. The van der Waals surface area contributed by atoms with Crippen molar-refractivity contribution in [3.05, 3.63) is 22.1 Å². The van der Waals surface area contributed by atoms with E-state index >= 15 is 0 Å². The topological polar surface area (TPSA) is 39.4 Å². The molecule has 1 atom stereocenters. The van der Waals surface area contributed by atoms with E-state index in [1.807, 2.05) is 0 Å². The van der Waals surface area contributed by atoms with Gasteiger partial charge in [0, 0.05) is 18.6 Å². The largest absolute Gasteiger partial charge is 0.457 e. The molecule has 2 rings (SSSR count). The molecule has 0 amide bonds. The molecule has 70 valence electrons. The highest BCUT2D eigenvalue weighted by Crippen LogP contribution is 2.32. The van der Waals surface area contributed by atoms with Crippen LogP contribution in [-0.4, -0.2) is 19.5 Å². The molecule has 0 bridgehead atoms. The molecule has 1 aliphatic rings. The van der Waals surface area contributed by atoms with Crippen LogP contribution >= 0.6 is 15.9 Å². The summed E-state index contributed by atoms with van der Waals surface area (Å²) >= 11 is 3.36. The third-order valence-corrected chi connectivity index (χ3v) is 2.77. The lowest BCUT2D eigenvalue weighted by molar-refractivity contribution is 0.109. The Hall–Kier alpha value is -0.610. The second-order valence-corrected chi connectivity index (χ2v) is 3.89. The Morgan fingerprint density at radius 2 is 2.46 bits per heavy atom. The van der Waals surface area contributed by atoms with Gasteiger partial charge in [-0.3, -0.25) is 4.79 Å². The van der Waals surface area contributed by atoms with Gasteiger partial charge in [0.25, 0.3) is 0 Å². The molecule has 1 saturated heterocycles. The van der Waals surface area contributed by atoms with Crippen LogP contribution in [0.25, 0.3) is 0 Å². The van der Waals surface area contributed by atoms with Crippen LogP contribution in [0.5, 0.6) is 0 Å². The van der Waals surface area contributed by atoms with Gasteiger partial charge in [-0.25, -0.2) is 0 Å². The number of hydrogen-bond acceptors (Lipinski definition) is 3. The number of halogens is 1. The van der Waals surface area contributed by atoms with Crippen molar-refractivity contribution in [2.75, 3.05) is 13.2 Å². The van der Waals surface area contributed by atoms with Gasteiger partial charge in [-0.05, 0) is 22.4 Å². The standard InChI is InChI=1S/C9H9BrO3/c10-8-3-7(4-11)13-9(8)6-1-2-12-5-6/h3-4,6H,1-2,5H2. The molecule has 1 aliphatic heterocycles. The summed E-state index contributed by atoms with van der Waals surface area (Å²) in [7, 11) is 0. The first-order chi connectivity index (χ1) is 6.31. The molecule has 0 saturated carbocycles. The molecular weight excluding hydrogens is 236 g/mol. The predicted molar refractivity (Wildman–Crippen MR) is 50.0 cm³/mol. The molecular formula is C9H9BrO3. The van der Waals surface area contributed by atoms with E-state index in [0.29, 0.717) is 24.6 Å². The minimum Gasteiger partial charge on any atom is -0.457 e. The van der Waals surface area contributed by atoms with E-state index < -0.39 is 0 Å². The van der Waals surface area contributed by atoms with Gasteiger partial charge in [0.2, 0.25) is 0 Å². The maximum Gasteiger partial charge on any atom is 0.185 e. The van der Waals surface area contributed by atoms with Crippen LogP contribution < -0.4 is 0 Å². The minimum absolute atomic E-state index is 0.295. The molecule has 0 aliphatic carbocycles. The van der Waals surface area contributed by atoms with Gasteiger partial charge in [-0.2, -0.15) is 0 Å². The molecule has 1 fully saturated rings. The Morgan fingerprint density at radius 1 is 1.62 bits per heavy atom. The molecule has 1 aromatic heterocycles. The van der Waals surface area contributed by atoms with Crippen molar-refractivity contribution in [3.8, 4) is 0 Å². The van der Waals surface area contributed by atoms with Gasteiger partial charge in [-0.15, -0.1) is 0 Å². The van der Waals surface area contributed by atoms with Gasteiger partial charge in [0.1, 0.15) is 5.76 Å². The van der Waals surface area contributed by atoms with Crippen molar-refractivity contribution in [2.45, 2.75) is 12.3 Å². The maximum absolute atomic E-state index is 10.4. The Kier molecular flexibility index (Phi) is 2.51. The van der Waals surface area contributed by atoms with Gasteiger partial charge in [0.05, 0.1) is 11.1 Å². The highest BCUT2D eigenvalue weighted by molar-refractivity contribution is 9.10. The Labute approximate surface area is 84.2 Å². The third kappa shape index (κ3) is 1.69. The second kappa shape index (κ2) is 3.64. The highest BCUT2D eigenvalue weighted by Gasteiger charge is 2.23. The van der Waals surface area contributed by atoms with Crippen LogP contribution in [0.1, 0.15) is 28.7 Å². The van der Waals surface area contributed by atoms with Crippen LogP contribution in [0.15, 0.2) is 15.0 Å². The SMILES string of the molecule is O=Cc1cc(Br)c(C2CCOC2)o1. The van der Waals surface area contributed by atoms with Crippen molar-refractivity contribution in [1.82, 2.24) is 0 Å². The fourth-order valence-corrected chi connectivity index (χ4v) is 2.11. The molecule has 0 aromatic carbocycles. The van der Waals surface area contributed by atoms with Gasteiger partial charge >= 0.3 is 0 Å². The quantitative estimate of drug-likeness (QED) is 0.751. The summed E-state index contributed by atoms with van der Waals surface area (Å²) in [6, 6.07) is 1.70. The minimum atomic E-state index is 0.295. The number of hydrogen-bond donors (Lipinski definition) is 0. The molecule has 0 spiro atoms. The summed E-state index contributed by atoms with van der Waals surface area (Å²) in [5, 5.41) is 0. The number of carbonyl (C=O) groups is 1. The summed E-state index contributed by atoms with van der Waals surface area (Å²) in [4.78, 5) is 10.4. The molecule has 4 heteroatoms. The van der Waals surface area contributed by atoms with Crippen LogP contribution in [-0.2, 0) is 4.74 Å². The molecule has 0 radical (unpaired) electrons. The van der Waals surface area contributed by atoms with Crippen molar-refractivity contribution in [2.24, 2.45) is 0 Å². The molecule has 13 heavy (non-hydrogen) atoms. The molecule has 0 N–H and O–H groups in total. The van der Waals surface area contributed by atoms with Gasteiger partial charge < -0.3 is 9.15 Å². The maximum atomic E-state index is 10.4. The monoisotopic (exact) mass is 244 g/mol.